The molecule has 4 nitrogen and oxygen atoms in total. The molecule has 0 aromatic rings. The Hall–Kier alpha value is 3.24. The summed E-state index contributed by atoms with van der Waals surface area (Å²) in [4.78, 5) is 53.5. The third-order valence-corrected chi connectivity index (χ3v) is 26.6. The Labute approximate surface area is 305 Å². The summed E-state index contributed by atoms with van der Waals surface area (Å²) in [6, 6.07) is 0. The van der Waals surface area contributed by atoms with Crippen LogP contribution < -0.4 is 0 Å². The standard InChI is InChI=1S/C29H44O4S4Te4/c30-21(1-5-38-17-25-13-34-25)9-29(10-22(31)2-6-39-18-26-14-35-26,11-23(32)3-7-40-19-27-15-36-27)12-24(33)4-8-41-20-28-16-37-28/h25-28H,1-20H2. The fraction of sp³-hybridized carbons (Fsp3) is 0.862. The third kappa shape index (κ3) is 18.4. The molecule has 4 aliphatic rings. The van der Waals surface area contributed by atoms with Crippen LogP contribution in [0.3, 0.4) is 0 Å². The number of ketones is 4. The predicted octanol–water partition coefficient (Wildman–Crippen LogP) is 5.99. The predicted molar refractivity (Wildman–Crippen MR) is 186 cm³/mol. The number of carbonyl (C=O) groups excluding carboxylic acids is 4. The van der Waals surface area contributed by atoms with Gasteiger partial charge >= 0.3 is 310 Å². The zero-order valence-electron chi connectivity index (χ0n) is 23.9. The first-order chi connectivity index (χ1) is 19.9. The molecule has 4 fully saturated rings. The second-order valence-corrected chi connectivity index (χ2v) is 29.9. The van der Waals surface area contributed by atoms with Crippen LogP contribution in [-0.4, -0.2) is 151 Å². The summed E-state index contributed by atoms with van der Waals surface area (Å²) >= 11 is 7.60. The molecule has 0 aromatic carbocycles. The van der Waals surface area contributed by atoms with Gasteiger partial charge < -0.3 is 0 Å². The molecule has 12 heteroatoms. The molecule has 4 rings (SSSR count). The van der Waals surface area contributed by atoms with E-state index in [-0.39, 0.29) is 133 Å². The van der Waals surface area contributed by atoms with Crippen molar-refractivity contribution < 1.29 is 19.2 Å². The summed E-state index contributed by atoms with van der Waals surface area (Å²) in [7, 11) is 0. The van der Waals surface area contributed by atoms with Crippen molar-refractivity contribution in [2.45, 2.75) is 108 Å². The first-order valence-corrected chi connectivity index (χ1v) is 32.1. The number of carbonyl (C=O) groups is 4. The fourth-order valence-corrected chi connectivity index (χ4v) is 24.3. The van der Waals surface area contributed by atoms with Gasteiger partial charge in [0.25, 0.3) is 0 Å². The molecule has 4 heterocycles. The topological polar surface area (TPSA) is 68.3 Å². The maximum absolute atomic E-state index is 13.4. The average molecular weight is 1100 g/mol. The summed E-state index contributed by atoms with van der Waals surface area (Å²) in [6.45, 7) is 0. The molecular weight excluding hydrogens is 1050 g/mol. The Morgan fingerprint density at radius 3 is 0.878 bits per heavy atom. The van der Waals surface area contributed by atoms with E-state index >= 15 is 0 Å². The molecular formula is C29H44O4S4Te4. The molecule has 0 aromatic heterocycles. The molecule has 0 aliphatic carbocycles. The Kier molecular flexibility index (Phi) is 18.6. The molecule has 0 radical (unpaired) electrons. The molecule has 0 saturated carbocycles. The third-order valence-electron chi connectivity index (χ3n) is 7.21. The van der Waals surface area contributed by atoms with E-state index in [0.717, 1.165) is 38.9 Å². The van der Waals surface area contributed by atoms with Crippen LogP contribution in [0.25, 0.3) is 0 Å². The van der Waals surface area contributed by atoms with Crippen molar-refractivity contribution in [3.8, 4) is 0 Å². The normalized spacial score (nSPS) is 25.4. The van der Waals surface area contributed by atoms with Gasteiger partial charge in [0, 0.05) is 0 Å². The summed E-state index contributed by atoms with van der Waals surface area (Å²) in [6.07, 6.45) is 3.40. The monoisotopic (exact) mass is 1100 g/mol. The van der Waals surface area contributed by atoms with E-state index in [9.17, 15) is 19.2 Å². The van der Waals surface area contributed by atoms with Gasteiger partial charge in [0.1, 0.15) is 0 Å². The molecule has 4 aliphatic heterocycles. The molecule has 41 heavy (non-hydrogen) atoms. The van der Waals surface area contributed by atoms with E-state index in [0.29, 0.717) is 25.7 Å². The van der Waals surface area contributed by atoms with Crippen LogP contribution in [0.4, 0.5) is 0 Å². The van der Waals surface area contributed by atoms with Gasteiger partial charge in [-0.1, -0.05) is 0 Å². The van der Waals surface area contributed by atoms with Gasteiger partial charge in [-0.15, -0.1) is 0 Å². The van der Waals surface area contributed by atoms with Crippen LogP contribution in [-0.2, 0) is 19.2 Å². The summed E-state index contributed by atoms with van der Waals surface area (Å²) in [5, 5.41) is 3.41. The zero-order valence-corrected chi connectivity index (χ0v) is 36.4. The molecule has 0 N–H and O–H groups in total. The molecule has 0 bridgehead atoms. The van der Waals surface area contributed by atoms with Gasteiger partial charge in [-0.3, -0.25) is 0 Å². The first kappa shape index (κ1) is 37.1. The number of hydrogen-bond acceptors (Lipinski definition) is 8. The van der Waals surface area contributed by atoms with Crippen molar-refractivity contribution in [1.82, 2.24) is 0 Å². The van der Waals surface area contributed by atoms with Crippen LogP contribution in [0.2, 0.25) is 35.8 Å². The molecule has 0 spiro atoms. The molecule has 4 unspecified atom stereocenters. The summed E-state index contributed by atoms with van der Waals surface area (Å²) in [5.74, 6) is 5.97. The molecule has 232 valence electrons. The quantitative estimate of drug-likeness (QED) is 0.0539. The van der Waals surface area contributed by atoms with Crippen LogP contribution in [0.5, 0.6) is 0 Å². The second kappa shape index (κ2) is 20.6. The van der Waals surface area contributed by atoms with Crippen molar-refractivity contribution in [1.29, 1.82) is 0 Å². The summed E-state index contributed by atoms with van der Waals surface area (Å²) in [5.41, 5.74) is -0.762. The van der Waals surface area contributed by atoms with E-state index in [2.05, 4.69) is 0 Å². The van der Waals surface area contributed by atoms with Crippen molar-refractivity contribution in [3.63, 3.8) is 0 Å². The van der Waals surface area contributed by atoms with Crippen molar-refractivity contribution in [2.75, 3.05) is 23.0 Å². The number of thioether (sulfide) groups is 4. The fourth-order valence-electron chi connectivity index (χ4n) is 4.66. The molecule has 4 saturated heterocycles. The van der Waals surface area contributed by atoms with E-state index in [4.69, 9.17) is 0 Å². The van der Waals surface area contributed by atoms with E-state index in [1.54, 1.807) is 0 Å². The Bertz CT molecular complexity index is 737. The van der Waals surface area contributed by atoms with E-state index in [1.165, 1.54) is 40.9 Å². The van der Waals surface area contributed by atoms with Crippen LogP contribution in [0.15, 0.2) is 0 Å². The Balaban J connectivity index is 1.34. The van der Waals surface area contributed by atoms with Crippen molar-refractivity contribution in [2.24, 2.45) is 5.41 Å². The second-order valence-electron chi connectivity index (χ2n) is 11.5. The first-order valence-electron chi connectivity index (χ1n) is 14.7. The van der Waals surface area contributed by atoms with Crippen LogP contribution in [0.1, 0.15) is 51.4 Å². The Morgan fingerprint density at radius 1 is 0.463 bits per heavy atom. The van der Waals surface area contributed by atoms with Crippen molar-refractivity contribution >= 4 is 154 Å². The number of Topliss-reactive ketones (excluding diaryl/α,β-unsaturated/α-hetero) is 4. The SMILES string of the molecule is O=C(CC[Te]CC1CS1)CC(CC(=O)CC[Te]CC1CS1)(CC(=O)CC[Te]CC1CS1)CC(=O)CC[Te]CC1CS1. The van der Waals surface area contributed by atoms with Gasteiger partial charge in [-0.05, 0) is 0 Å². The van der Waals surface area contributed by atoms with E-state index < -0.39 is 5.41 Å². The van der Waals surface area contributed by atoms with Crippen molar-refractivity contribution in [3.05, 3.63) is 0 Å². The van der Waals surface area contributed by atoms with Crippen LogP contribution >= 0.6 is 47.0 Å². The summed E-state index contributed by atoms with van der Waals surface area (Å²) < 4.78 is 9.35. The molecule has 0 amide bonds. The van der Waals surface area contributed by atoms with Gasteiger partial charge in [0.2, 0.25) is 0 Å². The number of hydrogen-bond donors (Lipinski definition) is 0. The average Bonchev–Trinajstić information content (AvgIpc) is 3.76. The Morgan fingerprint density at radius 2 is 0.683 bits per heavy atom. The van der Waals surface area contributed by atoms with Gasteiger partial charge in [0.05, 0.1) is 0 Å². The van der Waals surface area contributed by atoms with Gasteiger partial charge in [-0.2, -0.15) is 0 Å². The zero-order chi connectivity index (χ0) is 28.9. The number of rotatable bonds is 28. The molecule has 4 atom stereocenters. The van der Waals surface area contributed by atoms with Crippen LogP contribution in [0, 0.1) is 5.41 Å². The minimum absolute atomic E-state index is 0.135. The maximum atomic E-state index is 13.4. The van der Waals surface area contributed by atoms with E-state index in [1.807, 2.05) is 47.0 Å². The minimum atomic E-state index is -0.762. The van der Waals surface area contributed by atoms with Gasteiger partial charge in [0.15, 0.2) is 0 Å². The van der Waals surface area contributed by atoms with Gasteiger partial charge in [-0.25, -0.2) is 0 Å².